The van der Waals surface area contributed by atoms with Gasteiger partial charge in [-0.2, -0.15) is 0 Å². The standard InChI is InChI=1S/C11H13ClN4O2S/c1-11(2,3)16-9(8-6-4-5-7-13-8)14-15-10(16)19(12,17)18/h4-7H,1-3H3. The second kappa shape index (κ2) is 4.57. The molecule has 2 aromatic rings. The van der Waals surface area contributed by atoms with Crippen molar-refractivity contribution in [3.63, 3.8) is 0 Å². The summed E-state index contributed by atoms with van der Waals surface area (Å²) < 4.78 is 24.6. The summed E-state index contributed by atoms with van der Waals surface area (Å²) in [6, 6.07) is 5.29. The van der Waals surface area contributed by atoms with E-state index in [1.54, 1.807) is 24.4 Å². The van der Waals surface area contributed by atoms with E-state index < -0.39 is 14.6 Å². The van der Waals surface area contributed by atoms with Gasteiger partial charge in [-0.3, -0.25) is 9.55 Å². The molecule has 8 heteroatoms. The highest BCUT2D eigenvalue weighted by Gasteiger charge is 2.30. The summed E-state index contributed by atoms with van der Waals surface area (Å²) in [5.41, 5.74) is -0.00955. The fourth-order valence-corrected chi connectivity index (χ4v) is 2.71. The van der Waals surface area contributed by atoms with Gasteiger partial charge in [-0.05, 0) is 32.9 Å². The van der Waals surface area contributed by atoms with Crippen LogP contribution in [0, 0.1) is 0 Å². The number of rotatable bonds is 2. The van der Waals surface area contributed by atoms with Gasteiger partial charge >= 0.3 is 0 Å². The van der Waals surface area contributed by atoms with E-state index in [9.17, 15) is 8.42 Å². The number of aromatic nitrogens is 4. The smallest absolute Gasteiger partial charge is 0.290 e. The van der Waals surface area contributed by atoms with Crippen molar-refractivity contribution in [3.8, 4) is 11.5 Å². The Labute approximate surface area is 115 Å². The van der Waals surface area contributed by atoms with E-state index in [1.165, 1.54) is 4.57 Å². The molecule has 19 heavy (non-hydrogen) atoms. The Morgan fingerprint density at radius 3 is 2.37 bits per heavy atom. The average Bonchev–Trinajstić information content (AvgIpc) is 2.74. The normalized spacial score (nSPS) is 12.6. The zero-order chi connectivity index (χ0) is 14.3. The SMILES string of the molecule is CC(C)(C)n1c(-c2ccccn2)nnc1S(=O)(=O)Cl. The molecule has 0 radical (unpaired) electrons. The topological polar surface area (TPSA) is 77.7 Å². The second-order valence-corrected chi connectivity index (χ2v) is 7.42. The summed E-state index contributed by atoms with van der Waals surface area (Å²) in [6.45, 7) is 5.52. The number of nitrogens with zero attached hydrogens (tertiary/aromatic N) is 4. The van der Waals surface area contributed by atoms with Gasteiger partial charge in [-0.1, -0.05) is 6.07 Å². The highest BCUT2D eigenvalue weighted by atomic mass is 35.7. The van der Waals surface area contributed by atoms with Gasteiger partial charge in [0.2, 0.25) is 0 Å². The molecule has 0 aliphatic heterocycles. The van der Waals surface area contributed by atoms with Gasteiger partial charge in [0.25, 0.3) is 14.2 Å². The predicted molar refractivity (Wildman–Crippen MR) is 71.3 cm³/mol. The molecule has 0 amide bonds. The maximum absolute atomic E-state index is 11.6. The molecule has 0 saturated carbocycles. The van der Waals surface area contributed by atoms with E-state index in [0.29, 0.717) is 11.5 Å². The third kappa shape index (κ3) is 2.76. The first-order valence-electron chi connectivity index (χ1n) is 5.53. The maximum Gasteiger partial charge on any atom is 0.296 e. The summed E-state index contributed by atoms with van der Waals surface area (Å²) >= 11 is 0. The monoisotopic (exact) mass is 300 g/mol. The van der Waals surface area contributed by atoms with E-state index >= 15 is 0 Å². The molecule has 0 spiro atoms. The van der Waals surface area contributed by atoms with Crippen LogP contribution in [-0.4, -0.2) is 28.2 Å². The van der Waals surface area contributed by atoms with Crippen molar-refractivity contribution in [3.05, 3.63) is 24.4 Å². The summed E-state index contributed by atoms with van der Waals surface area (Å²) in [6.07, 6.45) is 1.60. The minimum absolute atomic E-state index is 0.276. The van der Waals surface area contributed by atoms with Gasteiger partial charge in [-0.15, -0.1) is 10.2 Å². The molecule has 0 unspecified atom stereocenters. The van der Waals surface area contributed by atoms with Gasteiger partial charge < -0.3 is 0 Å². The van der Waals surface area contributed by atoms with Crippen LogP contribution in [0.5, 0.6) is 0 Å². The molecule has 6 nitrogen and oxygen atoms in total. The Hall–Kier alpha value is -1.47. The van der Waals surface area contributed by atoms with Crippen molar-refractivity contribution in [2.24, 2.45) is 0 Å². The summed E-state index contributed by atoms with van der Waals surface area (Å²) in [5, 5.41) is 7.31. The molecule has 2 rings (SSSR count). The molecule has 0 bridgehead atoms. The Kier molecular flexibility index (Phi) is 3.36. The fraction of sp³-hybridized carbons (Fsp3) is 0.364. The zero-order valence-electron chi connectivity index (χ0n) is 10.7. The summed E-state index contributed by atoms with van der Waals surface area (Å²) in [7, 11) is 1.43. The van der Waals surface area contributed by atoms with E-state index in [1.807, 2.05) is 20.8 Å². The van der Waals surface area contributed by atoms with Gasteiger partial charge in [0.05, 0.1) is 0 Å². The third-order valence-electron chi connectivity index (χ3n) is 2.42. The van der Waals surface area contributed by atoms with Crippen LogP contribution in [0.15, 0.2) is 29.6 Å². The Balaban J connectivity index is 2.75. The molecule has 0 aliphatic rings. The van der Waals surface area contributed by atoms with Crippen molar-refractivity contribution in [2.45, 2.75) is 31.5 Å². The maximum atomic E-state index is 11.6. The Morgan fingerprint density at radius 1 is 1.21 bits per heavy atom. The summed E-state index contributed by atoms with van der Waals surface area (Å²) in [4.78, 5) is 4.16. The van der Waals surface area contributed by atoms with Gasteiger partial charge in [0.1, 0.15) is 5.69 Å². The molecular formula is C11H13ClN4O2S. The molecule has 2 heterocycles. The van der Waals surface area contributed by atoms with E-state index in [0.717, 1.165) is 0 Å². The zero-order valence-corrected chi connectivity index (χ0v) is 12.3. The Bertz CT molecular complexity index is 689. The van der Waals surface area contributed by atoms with Crippen LogP contribution in [0.1, 0.15) is 20.8 Å². The van der Waals surface area contributed by atoms with E-state index in [2.05, 4.69) is 15.2 Å². The van der Waals surface area contributed by atoms with Gasteiger partial charge in [0.15, 0.2) is 5.82 Å². The number of hydrogen-bond donors (Lipinski definition) is 0. The van der Waals surface area contributed by atoms with Crippen molar-refractivity contribution in [1.82, 2.24) is 19.7 Å². The molecule has 0 N–H and O–H groups in total. The molecule has 2 aromatic heterocycles. The van der Waals surface area contributed by atoms with Crippen LogP contribution in [-0.2, 0) is 14.6 Å². The average molecular weight is 301 g/mol. The van der Waals surface area contributed by atoms with Crippen LogP contribution in [0.2, 0.25) is 0 Å². The van der Waals surface area contributed by atoms with Crippen molar-refractivity contribution >= 4 is 19.7 Å². The van der Waals surface area contributed by atoms with Crippen molar-refractivity contribution in [1.29, 1.82) is 0 Å². The van der Waals surface area contributed by atoms with Crippen LogP contribution >= 0.6 is 10.7 Å². The van der Waals surface area contributed by atoms with Crippen LogP contribution in [0.25, 0.3) is 11.5 Å². The molecule has 0 aromatic carbocycles. The lowest BCUT2D eigenvalue weighted by molar-refractivity contribution is 0.367. The lowest BCUT2D eigenvalue weighted by Crippen LogP contribution is -2.26. The van der Waals surface area contributed by atoms with Gasteiger partial charge in [-0.25, -0.2) is 8.42 Å². The molecule has 102 valence electrons. The highest BCUT2D eigenvalue weighted by molar-refractivity contribution is 8.13. The van der Waals surface area contributed by atoms with Crippen molar-refractivity contribution < 1.29 is 8.42 Å². The van der Waals surface area contributed by atoms with Gasteiger partial charge in [0, 0.05) is 22.4 Å². The summed E-state index contributed by atoms with van der Waals surface area (Å²) in [5.74, 6) is 0.368. The predicted octanol–water partition coefficient (Wildman–Crippen LogP) is 2.02. The van der Waals surface area contributed by atoms with Crippen LogP contribution < -0.4 is 0 Å². The van der Waals surface area contributed by atoms with Crippen molar-refractivity contribution in [2.75, 3.05) is 0 Å². The first kappa shape index (κ1) is 14.0. The number of pyridine rings is 1. The third-order valence-corrected chi connectivity index (χ3v) is 3.53. The first-order chi connectivity index (χ1) is 8.71. The minimum Gasteiger partial charge on any atom is -0.290 e. The van der Waals surface area contributed by atoms with Crippen LogP contribution in [0.4, 0.5) is 0 Å². The Morgan fingerprint density at radius 2 is 1.89 bits per heavy atom. The molecular weight excluding hydrogens is 288 g/mol. The fourth-order valence-electron chi connectivity index (χ4n) is 1.69. The molecule has 0 fully saturated rings. The largest absolute Gasteiger partial charge is 0.296 e. The minimum atomic E-state index is -3.97. The lowest BCUT2D eigenvalue weighted by atomic mass is 10.1. The molecule has 0 atom stereocenters. The molecule has 0 saturated heterocycles. The first-order valence-corrected chi connectivity index (χ1v) is 7.84. The quantitative estimate of drug-likeness (QED) is 0.793. The number of hydrogen-bond acceptors (Lipinski definition) is 5. The van der Waals surface area contributed by atoms with Crippen LogP contribution in [0.3, 0.4) is 0 Å². The lowest BCUT2D eigenvalue weighted by Gasteiger charge is -2.23. The second-order valence-electron chi connectivity index (χ2n) is 4.97. The highest BCUT2D eigenvalue weighted by Crippen LogP contribution is 2.28. The molecule has 0 aliphatic carbocycles. The number of halogens is 1. The van der Waals surface area contributed by atoms with E-state index in [-0.39, 0.29) is 5.16 Å². The van der Waals surface area contributed by atoms with E-state index in [4.69, 9.17) is 10.7 Å².